The molecule has 4 rings (SSSR count). The Morgan fingerprint density at radius 1 is 1.04 bits per heavy atom. The van der Waals surface area contributed by atoms with Crippen molar-refractivity contribution in [3.63, 3.8) is 0 Å². The van der Waals surface area contributed by atoms with E-state index < -0.39 is 18.0 Å². The van der Waals surface area contributed by atoms with Crippen LogP contribution in [0.2, 0.25) is 0 Å². The first-order valence-corrected chi connectivity index (χ1v) is 9.03. The highest BCUT2D eigenvalue weighted by Gasteiger charge is 2.43. The predicted octanol–water partition coefficient (Wildman–Crippen LogP) is 2.27. The molecule has 2 unspecified atom stereocenters. The van der Waals surface area contributed by atoms with Gasteiger partial charge in [0.15, 0.2) is 0 Å². The lowest BCUT2D eigenvalue weighted by atomic mass is 9.97. The third-order valence-electron chi connectivity index (χ3n) is 5.07. The van der Waals surface area contributed by atoms with Crippen LogP contribution in [-0.4, -0.2) is 33.6 Å². The average Bonchev–Trinajstić information content (AvgIpc) is 3.24. The van der Waals surface area contributed by atoms with Gasteiger partial charge in [0.25, 0.3) is 11.8 Å². The number of carbonyl (C=O) groups is 3. The number of H-pyrrole nitrogens is 1. The summed E-state index contributed by atoms with van der Waals surface area (Å²) in [6.45, 7) is 2.96. The first-order chi connectivity index (χ1) is 13.5. The zero-order valence-electron chi connectivity index (χ0n) is 15.5. The van der Waals surface area contributed by atoms with Crippen molar-refractivity contribution in [1.29, 1.82) is 0 Å². The minimum atomic E-state index is -0.787. The first-order valence-electron chi connectivity index (χ1n) is 9.03. The van der Waals surface area contributed by atoms with Crippen LogP contribution in [0.4, 0.5) is 0 Å². The predicted molar refractivity (Wildman–Crippen MR) is 104 cm³/mol. The van der Waals surface area contributed by atoms with Crippen LogP contribution in [0.25, 0.3) is 10.9 Å². The van der Waals surface area contributed by atoms with Crippen molar-refractivity contribution in [3.8, 4) is 0 Å². The van der Waals surface area contributed by atoms with Gasteiger partial charge in [-0.25, -0.2) is 0 Å². The molecule has 0 saturated carbocycles. The number of nitrogens with zero attached hydrogens (tertiary/aromatic N) is 1. The lowest BCUT2D eigenvalue weighted by Gasteiger charge is -2.30. The monoisotopic (exact) mass is 376 g/mol. The van der Waals surface area contributed by atoms with Gasteiger partial charge in [0, 0.05) is 35.2 Å². The van der Waals surface area contributed by atoms with Crippen molar-refractivity contribution in [2.24, 2.45) is 0 Å². The van der Waals surface area contributed by atoms with Crippen LogP contribution >= 0.6 is 0 Å². The Morgan fingerprint density at radius 2 is 1.75 bits per heavy atom. The van der Waals surface area contributed by atoms with E-state index in [2.05, 4.69) is 15.8 Å². The molecule has 1 aromatic heterocycles. The molecule has 3 amide bonds. The highest BCUT2D eigenvalue weighted by Crippen LogP contribution is 2.42. The highest BCUT2D eigenvalue weighted by molar-refractivity contribution is 6.03. The number of hydrazine groups is 1. The van der Waals surface area contributed by atoms with Gasteiger partial charge in [-0.3, -0.25) is 25.2 Å². The average molecular weight is 376 g/mol. The molecular formula is C21H20N4O3. The topological polar surface area (TPSA) is 94.3 Å². The Kier molecular flexibility index (Phi) is 4.35. The van der Waals surface area contributed by atoms with Crippen LogP contribution in [0.5, 0.6) is 0 Å². The normalized spacial score (nSPS) is 16.7. The fourth-order valence-corrected chi connectivity index (χ4v) is 3.75. The van der Waals surface area contributed by atoms with Crippen molar-refractivity contribution in [2.75, 3.05) is 0 Å². The van der Waals surface area contributed by atoms with Gasteiger partial charge in [-0.2, -0.15) is 0 Å². The number of nitrogens with one attached hydrogen (secondary N) is 3. The summed E-state index contributed by atoms with van der Waals surface area (Å²) in [7, 11) is 0. The third-order valence-corrected chi connectivity index (χ3v) is 5.07. The van der Waals surface area contributed by atoms with E-state index in [1.165, 1.54) is 6.92 Å². The van der Waals surface area contributed by atoms with Crippen LogP contribution in [0, 0.1) is 0 Å². The van der Waals surface area contributed by atoms with Crippen LogP contribution in [-0.2, 0) is 9.59 Å². The largest absolute Gasteiger partial charge is 0.361 e. The molecule has 1 aliphatic heterocycles. The molecule has 7 nitrogen and oxygen atoms in total. The molecular weight excluding hydrogens is 356 g/mol. The first kappa shape index (κ1) is 17.8. The van der Waals surface area contributed by atoms with Crippen molar-refractivity contribution in [1.82, 2.24) is 20.7 Å². The standard InChI is InChI=1S/C21H20N4O3/c1-12(20(27)24-23-13(2)26)25-19(15-8-3-4-9-16(15)21(25)28)17-11-22-18-10-6-5-7-14(17)18/h3-12,19,22H,1-2H3,(H,23,26)(H,24,27). The lowest BCUT2D eigenvalue weighted by Crippen LogP contribution is -2.51. The second-order valence-corrected chi connectivity index (χ2v) is 6.84. The molecule has 2 atom stereocenters. The third kappa shape index (κ3) is 2.81. The summed E-state index contributed by atoms with van der Waals surface area (Å²) < 4.78 is 0. The quantitative estimate of drug-likeness (QED) is 0.612. The fraction of sp³-hybridized carbons (Fsp3) is 0.190. The van der Waals surface area contributed by atoms with E-state index in [9.17, 15) is 14.4 Å². The van der Waals surface area contributed by atoms with Crippen molar-refractivity contribution < 1.29 is 14.4 Å². The molecule has 0 fully saturated rings. The summed E-state index contributed by atoms with van der Waals surface area (Å²) in [5.41, 5.74) is 7.98. The number of carbonyl (C=O) groups excluding carboxylic acids is 3. The number of amides is 3. The molecule has 2 heterocycles. The van der Waals surface area contributed by atoms with E-state index in [4.69, 9.17) is 0 Å². The summed E-state index contributed by atoms with van der Waals surface area (Å²) in [5.74, 6) is -1.05. The Hall–Kier alpha value is -3.61. The molecule has 0 radical (unpaired) electrons. The maximum absolute atomic E-state index is 13.2. The number of aromatic nitrogens is 1. The summed E-state index contributed by atoms with van der Waals surface area (Å²) in [6.07, 6.45) is 1.89. The smallest absolute Gasteiger partial charge is 0.260 e. The van der Waals surface area contributed by atoms with Crippen LogP contribution in [0.1, 0.15) is 41.4 Å². The molecule has 0 spiro atoms. The SMILES string of the molecule is CC(=O)NNC(=O)C(C)N1C(=O)c2ccccc2C1c1c[nH]c2ccccc12. The minimum absolute atomic E-state index is 0.212. The molecule has 142 valence electrons. The second-order valence-electron chi connectivity index (χ2n) is 6.84. The maximum atomic E-state index is 13.2. The molecule has 3 aromatic rings. The van der Waals surface area contributed by atoms with Gasteiger partial charge in [0.05, 0.1) is 6.04 Å². The Morgan fingerprint density at radius 3 is 2.54 bits per heavy atom. The van der Waals surface area contributed by atoms with Gasteiger partial charge in [0.2, 0.25) is 5.91 Å². The molecule has 0 bridgehead atoms. The van der Waals surface area contributed by atoms with Gasteiger partial charge < -0.3 is 9.88 Å². The molecule has 28 heavy (non-hydrogen) atoms. The van der Waals surface area contributed by atoms with E-state index in [1.807, 2.05) is 48.7 Å². The zero-order chi connectivity index (χ0) is 19.8. The van der Waals surface area contributed by atoms with E-state index >= 15 is 0 Å². The van der Waals surface area contributed by atoms with Gasteiger partial charge in [0.1, 0.15) is 6.04 Å². The van der Waals surface area contributed by atoms with Crippen molar-refractivity contribution in [3.05, 3.63) is 71.4 Å². The van der Waals surface area contributed by atoms with Crippen molar-refractivity contribution in [2.45, 2.75) is 25.9 Å². The minimum Gasteiger partial charge on any atom is -0.361 e. The van der Waals surface area contributed by atoms with Crippen LogP contribution < -0.4 is 10.9 Å². The van der Waals surface area contributed by atoms with E-state index in [-0.39, 0.29) is 11.8 Å². The number of benzene rings is 2. The maximum Gasteiger partial charge on any atom is 0.260 e. The van der Waals surface area contributed by atoms with Crippen LogP contribution in [0.3, 0.4) is 0 Å². The zero-order valence-corrected chi connectivity index (χ0v) is 15.5. The fourth-order valence-electron chi connectivity index (χ4n) is 3.75. The molecule has 3 N–H and O–H groups in total. The Bertz CT molecular complexity index is 1090. The summed E-state index contributed by atoms with van der Waals surface area (Å²) in [4.78, 5) is 41.7. The molecule has 1 aliphatic rings. The molecule has 0 saturated heterocycles. The van der Waals surface area contributed by atoms with E-state index in [0.717, 1.165) is 22.0 Å². The number of fused-ring (bicyclic) bond motifs is 2. The number of aromatic amines is 1. The Labute approximate surface area is 161 Å². The lowest BCUT2D eigenvalue weighted by molar-refractivity contribution is -0.130. The molecule has 2 aromatic carbocycles. The number of hydrogen-bond acceptors (Lipinski definition) is 3. The van der Waals surface area contributed by atoms with E-state index in [0.29, 0.717) is 5.56 Å². The number of para-hydroxylation sites is 1. The molecule has 7 heteroatoms. The summed E-state index contributed by atoms with van der Waals surface area (Å²) in [5, 5.41) is 0.997. The summed E-state index contributed by atoms with van der Waals surface area (Å²) >= 11 is 0. The number of hydrogen-bond donors (Lipinski definition) is 3. The van der Waals surface area contributed by atoms with Crippen LogP contribution in [0.15, 0.2) is 54.7 Å². The van der Waals surface area contributed by atoms with E-state index in [1.54, 1.807) is 17.9 Å². The molecule has 0 aliphatic carbocycles. The summed E-state index contributed by atoms with van der Waals surface area (Å²) in [6, 6.07) is 14.1. The van der Waals surface area contributed by atoms with Gasteiger partial charge in [-0.05, 0) is 24.6 Å². The Balaban J connectivity index is 1.79. The highest BCUT2D eigenvalue weighted by atomic mass is 16.2. The van der Waals surface area contributed by atoms with Gasteiger partial charge in [-0.1, -0.05) is 36.4 Å². The van der Waals surface area contributed by atoms with Gasteiger partial charge >= 0.3 is 0 Å². The number of rotatable bonds is 3. The van der Waals surface area contributed by atoms with Crippen molar-refractivity contribution >= 4 is 28.6 Å². The van der Waals surface area contributed by atoms with Gasteiger partial charge in [-0.15, -0.1) is 0 Å². The second kappa shape index (κ2) is 6.84.